The summed E-state index contributed by atoms with van der Waals surface area (Å²) in [5, 5.41) is 0.726. The van der Waals surface area contributed by atoms with Gasteiger partial charge in [0.1, 0.15) is 0 Å². The molecule has 2 aromatic rings. The molecule has 0 spiro atoms. The molecule has 0 unspecified atom stereocenters. The summed E-state index contributed by atoms with van der Waals surface area (Å²) < 4.78 is 0. The molecule has 0 radical (unpaired) electrons. The van der Waals surface area contributed by atoms with Crippen molar-refractivity contribution in [3.8, 4) is 0 Å². The van der Waals surface area contributed by atoms with Crippen LogP contribution in [0.2, 0.25) is 10.0 Å². The number of hydrogen-bond acceptors (Lipinski definition) is 2. The number of carbonyl (C=O) groups is 1. The van der Waals surface area contributed by atoms with E-state index in [-0.39, 0.29) is 5.78 Å². The monoisotopic (exact) mass is 284 g/mol. The van der Waals surface area contributed by atoms with Crippen molar-refractivity contribution in [3.63, 3.8) is 0 Å². The molecule has 17 heavy (non-hydrogen) atoms. The van der Waals surface area contributed by atoms with Gasteiger partial charge in [-0.1, -0.05) is 29.3 Å². The number of aryl methyl sites for hydroxylation is 2. The summed E-state index contributed by atoms with van der Waals surface area (Å²) in [6.07, 6.45) is 0. The van der Waals surface area contributed by atoms with Crippen LogP contribution in [0.4, 0.5) is 0 Å². The van der Waals surface area contributed by atoms with Gasteiger partial charge in [0, 0.05) is 20.9 Å². The van der Waals surface area contributed by atoms with Crippen LogP contribution >= 0.6 is 34.5 Å². The minimum Gasteiger partial charge on any atom is -0.289 e. The number of carbonyl (C=O) groups excluding carboxylic acids is 1. The van der Waals surface area contributed by atoms with Crippen LogP contribution in [-0.4, -0.2) is 5.78 Å². The zero-order valence-corrected chi connectivity index (χ0v) is 11.7. The second kappa shape index (κ2) is 4.81. The van der Waals surface area contributed by atoms with E-state index >= 15 is 0 Å². The topological polar surface area (TPSA) is 17.1 Å². The molecule has 1 nitrogen and oxygen atoms in total. The maximum atomic E-state index is 12.3. The van der Waals surface area contributed by atoms with E-state index in [1.807, 2.05) is 19.9 Å². The zero-order valence-electron chi connectivity index (χ0n) is 9.38. The molecule has 88 valence electrons. The standard InChI is InChI=1S/C13H10Cl2OS/c1-7-6-10(8(2)17-7)13(16)9-4-3-5-11(14)12(9)15/h3-6H,1-2H3. The lowest BCUT2D eigenvalue weighted by atomic mass is 10.0. The number of rotatable bonds is 2. The highest BCUT2D eigenvalue weighted by atomic mass is 35.5. The van der Waals surface area contributed by atoms with Crippen molar-refractivity contribution in [2.45, 2.75) is 13.8 Å². The van der Waals surface area contributed by atoms with E-state index in [2.05, 4.69) is 0 Å². The molecule has 2 rings (SSSR count). The first-order valence-corrected chi connectivity index (χ1v) is 6.63. The molecule has 0 aliphatic heterocycles. The summed E-state index contributed by atoms with van der Waals surface area (Å²) in [4.78, 5) is 14.4. The number of thiophene rings is 1. The molecule has 4 heteroatoms. The van der Waals surface area contributed by atoms with Crippen LogP contribution in [0.3, 0.4) is 0 Å². The van der Waals surface area contributed by atoms with E-state index in [4.69, 9.17) is 23.2 Å². The van der Waals surface area contributed by atoms with Gasteiger partial charge in [-0.25, -0.2) is 0 Å². The molecule has 0 fully saturated rings. The minimum absolute atomic E-state index is 0.0700. The molecule has 0 N–H and O–H groups in total. The fourth-order valence-electron chi connectivity index (χ4n) is 1.68. The van der Waals surface area contributed by atoms with Crippen molar-refractivity contribution in [1.29, 1.82) is 0 Å². The molecule has 0 atom stereocenters. The summed E-state index contributed by atoms with van der Waals surface area (Å²) in [6, 6.07) is 6.99. The highest BCUT2D eigenvalue weighted by Crippen LogP contribution is 2.30. The van der Waals surface area contributed by atoms with E-state index in [9.17, 15) is 4.79 Å². The second-order valence-electron chi connectivity index (χ2n) is 3.76. The lowest BCUT2D eigenvalue weighted by Crippen LogP contribution is -2.02. The van der Waals surface area contributed by atoms with Crippen LogP contribution in [-0.2, 0) is 0 Å². The Labute approximate surface area is 114 Å². The predicted octanol–water partition coefficient (Wildman–Crippen LogP) is 4.90. The number of benzene rings is 1. The van der Waals surface area contributed by atoms with Crippen molar-refractivity contribution in [1.82, 2.24) is 0 Å². The summed E-state index contributed by atoms with van der Waals surface area (Å²) >= 11 is 13.6. The molecule has 0 bridgehead atoms. The Morgan fingerprint density at radius 3 is 2.47 bits per heavy atom. The number of halogens is 2. The van der Waals surface area contributed by atoms with Crippen molar-refractivity contribution < 1.29 is 4.79 Å². The summed E-state index contributed by atoms with van der Waals surface area (Å²) in [5.74, 6) is -0.0700. The van der Waals surface area contributed by atoms with Crippen LogP contribution in [0, 0.1) is 13.8 Å². The first-order chi connectivity index (χ1) is 8.00. The van der Waals surface area contributed by atoms with Crippen LogP contribution in [0.1, 0.15) is 25.7 Å². The third kappa shape index (κ3) is 2.39. The van der Waals surface area contributed by atoms with Crippen molar-refractivity contribution >= 4 is 40.3 Å². The lowest BCUT2D eigenvalue weighted by Gasteiger charge is -2.04. The van der Waals surface area contributed by atoms with Gasteiger partial charge in [-0.05, 0) is 32.0 Å². The van der Waals surface area contributed by atoms with Gasteiger partial charge in [-0.3, -0.25) is 4.79 Å². The van der Waals surface area contributed by atoms with Gasteiger partial charge >= 0.3 is 0 Å². The molecule has 1 aromatic carbocycles. The van der Waals surface area contributed by atoms with Gasteiger partial charge in [0.05, 0.1) is 10.0 Å². The van der Waals surface area contributed by atoms with Crippen LogP contribution in [0.25, 0.3) is 0 Å². The zero-order chi connectivity index (χ0) is 12.6. The SMILES string of the molecule is Cc1cc(C(=O)c2cccc(Cl)c2Cl)c(C)s1. The Morgan fingerprint density at radius 2 is 1.88 bits per heavy atom. The minimum atomic E-state index is -0.0700. The third-order valence-corrected chi connectivity index (χ3v) is 4.27. The summed E-state index contributed by atoms with van der Waals surface area (Å²) in [6.45, 7) is 3.91. The average Bonchev–Trinajstić information content (AvgIpc) is 2.61. The Hall–Kier alpha value is -0.830. The van der Waals surface area contributed by atoms with Gasteiger partial charge in [0.15, 0.2) is 5.78 Å². The van der Waals surface area contributed by atoms with E-state index in [1.165, 1.54) is 0 Å². The fourth-order valence-corrected chi connectivity index (χ4v) is 2.99. The van der Waals surface area contributed by atoms with Crippen LogP contribution in [0.5, 0.6) is 0 Å². The molecule has 0 aliphatic carbocycles. The smallest absolute Gasteiger partial charge is 0.195 e. The Bertz CT molecular complexity index is 587. The largest absolute Gasteiger partial charge is 0.289 e. The second-order valence-corrected chi connectivity index (χ2v) is 6.00. The van der Waals surface area contributed by atoms with E-state index in [0.717, 1.165) is 9.75 Å². The quantitative estimate of drug-likeness (QED) is 0.717. The average molecular weight is 285 g/mol. The van der Waals surface area contributed by atoms with Crippen molar-refractivity contribution in [3.05, 3.63) is 55.2 Å². The highest BCUT2D eigenvalue weighted by Gasteiger charge is 2.17. The fraction of sp³-hybridized carbons (Fsp3) is 0.154. The van der Waals surface area contributed by atoms with Crippen LogP contribution < -0.4 is 0 Å². The molecule has 0 saturated heterocycles. The summed E-state index contributed by atoms with van der Waals surface area (Å²) in [5.41, 5.74) is 1.16. The molecular weight excluding hydrogens is 275 g/mol. The maximum absolute atomic E-state index is 12.3. The van der Waals surface area contributed by atoms with Crippen molar-refractivity contribution in [2.24, 2.45) is 0 Å². The van der Waals surface area contributed by atoms with Gasteiger partial charge in [0.25, 0.3) is 0 Å². The Kier molecular flexibility index (Phi) is 3.57. The van der Waals surface area contributed by atoms with E-state index in [1.54, 1.807) is 29.5 Å². The van der Waals surface area contributed by atoms with E-state index in [0.29, 0.717) is 21.2 Å². The summed E-state index contributed by atoms with van der Waals surface area (Å²) in [7, 11) is 0. The van der Waals surface area contributed by atoms with Crippen molar-refractivity contribution in [2.75, 3.05) is 0 Å². The molecule has 0 saturated carbocycles. The molecule has 0 amide bonds. The van der Waals surface area contributed by atoms with Gasteiger partial charge < -0.3 is 0 Å². The van der Waals surface area contributed by atoms with Gasteiger partial charge in [0.2, 0.25) is 0 Å². The molecule has 1 heterocycles. The van der Waals surface area contributed by atoms with Gasteiger partial charge in [-0.2, -0.15) is 0 Å². The number of ketones is 1. The predicted molar refractivity (Wildman–Crippen MR) is 73.7 cm³/mol. The third-order valence-electron chi connectivity index (χ3n) is 2.48. The lowest BCUT2D eigenvalue weighted by molar-refractivity contribution is 0.103. The van der Waals surface area contributed by atoms with E-state index < -0.39 is 0 Å². The first-order valence-electron chi connectivity index (χ1n) is 5.06. The number of hydrogen-bond donors (Lipinski definition) is 0. The normalized spacial score (nSPS) is 10.6. The van der Waals surface area contributed by atoms with Gasteiger partial charge in [-0.15, -0.1) is 11.3 Å². The molecular formula is C13H10Cl2OS. The molecule has 0 aliphatic rings. The molecule has 1 aromatic heterocycles. The van der Waals surface area contributed by atoms with Crippen LogP contribution in [0.15, 0.2) is 24.3 Å². The maximum Gasteiger partial charge on any atom is 0.195 e. The first kappa shape index (κ1) is 12.6. The Morgan fingerprint density at radius 1 is 1.18 bits per heavy atom. The highest BCUT2D eigenvalue weighted by molar-refractivity contribution is 7.12. The Balaban J connectivity index is 2.51.